The molecule has 0 atom stereocenters. The Balaban J connectivity index is 2.67. The molecule has 1 aromatic carbocycles. The highest BCUT2D eigenvalue weighted by atomic mass is 16.6. The van der Waals surface area contributed by atoms with E-state index in [1.54, 1.807) is 24.3 Å². The minimum Gasteiger partial charge on any atom is -0.423 e. The van der Waals surface area contributed by atoms with Crippen molar-refractivity contribution in [3.8, 4) is 11.5 Å². The number of benzene rings is 1. The van der Waals surface area contributed by atoms with Crippen molar-refractivity contribution in [2.24, 2.45) is 5.92 Å². The van der Waals surface area contributed by atoms with Gasteiger partial charge in [-0.15, -0.1) is 0 Å². The number of hydrogen-bond donors (Lipinski definition) is 0. The molecule has 0 aliphatic heterocycles. The SMILES string of the molecule is CCCCC(=O)Oc1ccccc1OC(=O)CC(CC)CC. The van der Waals surface area contributed by atoms with E-state index in [0.29, 0.717) is 30.3 Å². The molecule has 0 aliphatic carbocycles. The number of para-hydroxylation sites is 2. The number of carbonyl (C=O) groups is 2. The molecule has 0 aliphatic rings. The average Bonchev–Trinajstić information content (AvgIpc) is 2.52. The molecule has 0 spiro atoms. The zero-order valence-corrected chi connectivity index (χ0v) is 13.8. The molecule has 122 valence electrons. The molecule has 0 N–H and O–H groups in total. The van der Waals surface area contributed by atoms with Crippen LogP contribution in [0.15, 0.2) is 24.3 Å². The Bertz CT molecular complexity index is 478. The van der Waals surface area contributed by atoms with E-state index in [4.69, 9.17) is 9.47 Å². The van der Waals surface area contributed by atoms with Gasteiger partial charge in [-0.3, -0.25) is 9.59 Å². The Hall–Kier alpha value is -1.84. The number of unbranched alkanes of at least 4 members (excludes halogenated alkanes) is 1. The Labute approximate surface area is 132 Å². The van der Waals surface area contributed by atoms with Gasteiger partial charge in [-0.05, 0) is 24.5 Å². The Morgan fingerprint density at radius 2 is 1.50 bits per heavy atom. The first-order valence-corrected chi connectivity index (χ1v) is 8.11. The van der Waals surface area contributed by atoms with Crippen molar-refractivity contribution in [1.29, 1.82) is 0 Å². The quantitative estimate of drug-likeness (QED) is 0.497. The lowest BCUT2D eigenvalue weighted by Gasteiger charge is -2.13. The summed E-state index contributed by atoms with van der Waals surface area (Å²) in [5.41, 5.74) is 0. The number of rotatable bonds is 9. The summed E-state index contributed by atoms with van der Waals surface area (Å²) in [5, 5.41) is 0. The van der Waals surface area contributed by atoms with Crippen molar-refractivity contribution in [2.75, 3.05) is 0 Å². The van der Waals surface area contributed by atoms with E-state index in [1.807, 2.05) is 6.92 Å². The molecule has 0 aromatic heterocycles. The molecule has 0 unspecified atom stereocenters. The maximum atomic E-state index is 12.0. The van der Waals surface area contributed by atoms with Crippen LogP contribution in [0.2, 0.25) is 0 Å². The van der Waals surface area contributed by atoms with Gasteiger partial charge in [0.05, 0.1) is 0 Å². The van der Waals surface area contributed by atoms with Crippen molar-refractivity contribution in [3.05, 3.63) is 24.3 Å². The van der Waals surface area contributed by atoms with E-state index >= 15 is 0 Å². The van der Waals surface area contributed by atoms with E-state index in [1.165, 1.54) is 0 Å². The molecule has 1 aromatic rings. The van der Waals surface area contributed by atoms with Crippen LogP contribution >= 0.6 is 0 Å². The van der Waals surface area contributed by atoms with E-state index in [-0.39, 0.29) is 11.9 Å². The Morgan fingerprint density at radius 3 is 2.00 bits per heavy atom. The topological polar surface area (TPSA) is 52.6 Å². The first kappa shape index (κ1) is 18.2. The molecular formula is C18H26O4. The van der Waals surface area contributed by atoms with Crippen molar-refractivity contribution in [1.82, 2.24) is 0 Å². The zero-order valence-electron chi connectivity index (χ0n) is 13.8. The highest BCUT2D eigenvalue weighted by molar-refractivity contribution is 5.76. The highest BCUT2D eigenvalue weighted by Gasteiger charge is 2.16. The summed E-state index contributed by atoms with van der Waals surface area (Å²) >= 11 is 0. The molecule has 0 saturated carbocycles. The van der Waals surface area contributed by atoms with Gasteiger partial charge in [0.15, 0.2) is 11.5 Å². The molecule has 4 nitrogen and oxygen atoms in total. The molecule has 0 saturated heterocycles. The molecule has 0 radical (unpaired) electrons. The first-order chi connectivity index (χ1) is 10.6. The monoisotopic (exact) mass is 306 g/mol. The van der Waals surface area contributed by atoms with Gasteiger partial charge in [-0.25, -0.2) is 0 Å². The van der Waals surface area contributed by atoms with Crippen LogP contribution in [0.4, 0.5) is 0 Å². The lowest BCUT2D eigenvalue weighted by Crippen LogP contribution is -2.15. The van der Waals surface area contributed by atoms with E-state index in [9.17, 15) is 9.59 Å². The first-order valence-electron chi connectivity index (χ1n) is 8.11. The molecule has 4 heteroatoms. The molecule has 1 rings (SSSR count). The molecule has 0 amide bonds. The predicted molar refractivity (Wildman–Crippen MR) is 85.9 cm³/mol. The molecule has 0 heterocycles. The second-order valence-electron chi connectivity index (χ2n) is 5.39. The number of ether oxygens (including phenoxy) is 2. The summed E-state index contributed by atoms with van der Waals surface area (Å²) in [4.78, 5) is 23.7. The zero-order chi connectivity index (χ0) is 16.4. The third-order valence-corrected chi connectivity index (χ3v) is 3.64. The third kappa shape index (κ3) is 6.29. The fourth-order valence-electron chi connectivity index (χ4n) is 2.09. The second-order valence-corrected chi connectivity index (χ2v) is 5.39. The van der Waals surface area contributed by atoms with E-state index < -0.39 is 0 Å². The fourth-order valence-corrected chi connectivity index (χ4v) is 2.09. The van der Waals surface area contributed by atoms with Crippen molar-refractivity contribution in [3.63, 3.8) is 0 Å². The lowest BCUT2D eigenvalue weighted by atomic mass is 10.00. The van der Waals surface area contributed by atoms with Crippen LogP contribution in [0.5, 0.6) is 11.5 Å². The molecular weight excluding hydrogens is 280 g/mol. The van der Waals surface area contributed by atoms with Crippen molar-refractivity contribution < 1.29 is 19.1 Å². The predicted octanol–water partition coefficient (Wildman–Crippen LogP) is 4.51. The van der Waals surface area contributed by atoms with Crippen LogP contribution in [0.1, 0.15) is 59.3 Å². The third-order valence-electron chi connectivity index (χ3n) is 3.64. The van der Waals surface area contributed by atoms with Gasteiger partial charge >= 0.3 is 11.9 Å². The highest BCUT2D eigenvalue weighted by Crippen LogP contribution is 2.28. The van der Waals surface area contributed by atoms with Crippen molar-refractivity contribution >= 4 is 11.9 Å². The van der Waals surface area contributed by atoms with Gasteiger partial charge in [0.1, 0.15) is 0 Å². The van der Waals surface area contributed by atoms with Crippen LogP contribution in [-0.4, -0.2) is 11.9 Å². The number of hydrogen-bond acceptors (Lipinski definition) is 4. The van der Waals surface area contributed by atoms with Gasteiger partial charge in [0.2, 0.25) is 0 Å². The van der Waals surface area contributed by atoms with Gasteiger partial charge in [-0.2, -0.15) is 0 Å². The van der Waals surface area contributed by atoms with Crippen LogP contribution in [0.25, 0.3) is 0 Å². The van der Waals surface area contributed by atoms with Gasteiger partial charge in [-0.1, -0.05) is 52.2 Å². The van der Waals surface area contributed by atoms with E-state index in [0.717, 1.165) is 25.7 Å². The summed E-state index contributed by atoms with van der Waals surface area (Å²) in [6.07, 6.45) is 4.35. The fraction of sp³-hybridized carbons (Fsp3) is 0.556. The second kappa shape index (κ2) is 9.98. The molecule has 0 fully saturated rings. The van der Waals surface area contributed by atoms with Gasteiger partial charge in [0, 0.05) is 12.8 Å². The Morgan fingerprint density at radius 1 is 0.955 bits per heavy atom. The van der Waals surface area contributed by atoms with Gasteiger partial charge < -0.3 is 9.47 Å². The van der Waals surface area contributed by atoms with Gasteiger partial charge in [0.25, 0.3) is 0 Å². The van der Waals surface area contributed by atoms with Crippen LogP contribution < -0.4 is 9.47 Å². The standard InChI is InChI=1S/C18H26O4/c1-4-7-12-17(19)21-15-10-8-9-11-16(15)22-18(20)13-14(5-2)6-3/h8-11,14H,4-7,12-13H2,1-3H3. The smallest absolute Gasteiger partial charge is 0.311 e. The van der Waals surface area contributed by atoms with Crippen LogP contribution in [-0.2, 0) is 9.59 Å². The maximum absolute atomic E-state index is 12.0. The van der Waals surface area contributed by atoms with E-state index in [2.05, 4.69) is 13.8 Å². The largest absolute Gasteiger partial charge is 0.423 e. The number of esters is 2. The lowest BCUT2D eigenvalue weighted by molar-refractivity contribution is -0.137. The minimum absolute atomic E-state index is 0.286. The molecule has 22 heavy (non-hydrogen) atoms. The van der Waals surface area contributed by atoms with Crippen LogP contribution in [0.3, 0.4) is 0 Å². The normalized spacial score (nSPS) is 10.5. The number of carbonyl (C=O) groups excluding carboxylic acids is 2. The summed E-state index contributed by atoms with van der Waals surface area (Å²) in [6, 6.07) is 6.79. The van der Waals surface area contributed by atoms with Crippen LogP contribution in [0, 0.1) is 5.92 Å². The summed E-state index contributed by atoms with van der Waals surface area (Å²) in [5.74, 6) is 0.354. The van der Waals surface area contributed by atoms with Crippen molar-refractivity contribution in [2.45, 2.75) is 59.3 Å². The average molecular weight is 306 g/mol. The molecule has 0 bridgehead atoms. The summed E-state index contributed by atoms with van der Waals surface area (Å²) < 4.78 is 10.7. The minimum atomic E-state index is -0.301. The Kier molecular flexibility index (Phi) is 8.26. The summed E-state index contributed by atoms with van der Waals surface area (Å²) in [6.45, 7) is 6.14. The summed E-state index contributed by atoms with van der Waals surface area (Å²) in [7, 11) is 0. The maximum Gasteiger partial charge on any atom is 0.311 e.